The lowest BCUT2D eigenvalue weighted by atomic mass is 9.84. The Morgan fingerprint density at radius 1 is 1.30 bits per heavy atom. The van der Waals surface area contributed by atoms with Gasteiger partial charge < -0.3 is 10.2 Å². The number of hydrogen-bond donors (Lipinski definition) is 1. The number of nitrogens with zero attached hydrogens (tertiary/aromatic N) is 1. The summed E-state index contributed by atoms with van der Waals surface area (Å²) >= 11 is 0. The highest BCUT2D eigenvalue weighted by atomic mass is 16.2. The quantitative estimate of drug-likeness (QED) is 0.915. The zero-order valence-electron chi connectivity index (χ0n) is 13.4. The third kappa shape index (κ3) is 2.35. The molecular weight excluding hydrogens is 248 g/mol. The third-order valence-electron chi connectivity index (χ3n) is 4.57. The van der Waals surface area contributed by atoms with Crippen LogP contribution in [0.2, 0.25) is 0 Å². The molecule has 0 fully saturated rings. The van der Waals surface area contributed by atoms with Crippen LogP contribution in [0.5, 0.6) is 0 Å². The van der Waals surface area contributed by atoms with Crippen molar-refractivity contribution in [1.82, 2.24) is 5.32 Å². The minimum Gasteiger partial charge on any atom is -0.316 e. The first-order chi connectivity index (χ1) is 9.28. The van der Waals surface area contributed by atoms with Crippen molar-refractivity contribution in [1.29, 1.82) is 0 Å². The van der Waals surface area contributed by atoms with Crippen LogP contribution in [0.1, 0.15) is 38.8 Å². The second-order valence-corrected chi connectivity index (χ2v) is 6.68. The summed E-state index contributed by atoms with van der Waals surface area (Å²) in [5.41, 5.74) is 3.09. The Labute approximate surface area is 122 Å². The van der Waals surface area contributed by atoms with E-state index in [0.29, 0.717) is 12.0 Å². The molecule has 110 valence electrons. The number of likely N-dealkylation sites (N-methyl/N-ethyl adjacent to an activating group) is 2. The van der Waals surface area contributed by atoms with Gasteiger partial charge in [0.15, 0.2) is 0 Å². The van der Waals surface area contributed by atoms with E-state index in [0.717, 1.165) is 17.7 Å². The Balaban J connectivity index is 2.34. The van der Waals surface area contributed by atoms with Gasteiger partial charge in [0.25, 0.3) is 0 Å². The maximum Gasteiger partial charge on any atom is 0.236 e. The molecule has 3 nitrogen and oxygen atoms in total. The van der Waals surface area contributed by atoms with E-state index in [9.17, 15) is 4.79 Å². The first kappa shape index (κ1) is 15.0. The first-order valence-corrected chi connectivity index (χ1v) is 7.38. The van der Waals surface area contributed by atoms with E-state index in [1.165, 1.54) is 5.56 Å². The van der Waals surface area contributed by atoms with Crippen LogP contribution in [0.25, 0.3) is 0 Å². The summed E-state index contributed by atoms with van der Waals surface area (Å²) in [6, 6.07) is 6.91. The Bertz CT molecular complexity index is 520. The van der Waals surface area contributed by atoms with Crippen molar-refractivity contribution < 1.29 is 4.79 Å². The topological polar surface area (TPSA) is 32.3 Å². The molecule has 1 aliphatic rings. The number of rotatable bonds is 4. The summed E-state index contributed by atoms with van der Waals surface area (Å²) < 4.78 is 0. The van der Waals surface area contributed by atoms with Crippen LogP contribution in [0, 0.1) is 5.92 Å². The SMILES string of the molecule is CNC(Cc1ccc2c(c1)C(C)(C)C(=O)N2C)C(C)C. The van der Waals surface area contributed by atoms with Gasteiger partial charge in [-0.1, -0.05) is 26.0 Å². The van der Waals surface area contributed by atoms with Crippen LogP contribution in [-0.4, -0.2) is 26.0 Å². The molecule has 3 heteroatoms. The summed E-state index contributed by atoms with van der Waals surface area (Å²) in [4.78, 5) is 14.1. The molecule has 0 saturated heterocycles. The minimum absolute atomic E-state index is 0.179. The zero-order chi connectivity index (χ0) is 15.1. The Morgan fingerprint density at radius 3 is 2.50 bits per heavy atom. The van der Waals surface area contributed by atoms with Crippen LogP contribution in [-0.2, 0) is 16.6 Å². The highest BCUT2D eigenvalue weighted by molar-refractivity contribution is 6.07. The fourth-order valence-corrected chi connectivity index (χ4v) is 3.07. The highest BCUT2D eigenvalue weighted by Gasteiger charge is 2.42. The fourth-order valence-electron chi connectivity index (χ4n) is 3.07. The van der Waals surface area contributed by atoms with Crippen molar-refractivity contribution in [3.63, 3.8) is 0 Å². The molecule has 1 amide bonds. The molecular formula is C17H26N2O. The van der Waals surface area contributed by atoms with Crippen molar-refractivity contribution in [2.45, 2.75) is 45.6 Å². The normalized spacial score (nSPS) is 18.6. The van der Waals surface area contributed by atoms with E-state index in [2.05, 4.69) is 37.4 Å². The number of amides is 1. The molecule has 0 saturated carbocycles. The Kier molecular flexibility index (Phi) is 3.92. The average molecular weight is 274 g/mol. The van der Waals surface area contributed by atoms with Gasteiger partial charge in [0.1, 0.15) is 0 Å². The van der Waals surface area contributed by atoms with Crippen LogP contribution in [0.4, 0.5) is 5.69 Å². The molecule has 2 rings (SSSR count). The predicted molar refractivity (Wildman–Crippen MR) is 84.3 cm³/mol. The second kappa shape index (κ2) is 5.21. The molecule has 1 unspecified atom stereocenters. The van der Waals surface area contributed by atoms with E-state index in [1.807, 2.05) is 27.9 Å². The lowest BCUT2D eigenvalue weighted by Crippen LogP contribution is -2.33. The number of fused-ring (bicyclic) bond motifs is 1. The van der Waals surface area contributed by atoms with E-state index in [1.54, 1.807) is 4.90 Å². The molecule has 0 spiro atoms. The molecule has 0 bridgehead atoms. The van der Waals surface area contributed by atoms with Gasteiger partial charge in [-0.25, -0.2) is 0 Å². The van der Waals surface area contributed by atoms with E-state index >= 15 is 0 Å². The molecule has 20 heavy (non-hydrogen) atoms. The molecule has 1 aromatic rings. The van der Waals surface area contributed by atoms with Gasteiger partial charge in [-0.15, -0.1) is 0 Å². The maximum atomic E-state index is 12.3. The van der Waals surface area contributed by atoms with Gasteiger partial charge in [0.05, 0.1) is 5.41 Å². The summed E-state index contributed by atoms with van der Waals surface area (Å²) in [5, 5.41) is 3.38. The summed E-state index contributed by atoms with van der Waals surface area (Å²) in [7, 11) is 3.87. The lowest BCUT2D eigenvalue weighted by Gasteiger charge is -2.21. The van der Waals surface area contributed by atoms with Crippen molar-refractivity contribution in [2.24, 2.45) is 5.92 Å². The largest absolute Gasteiger partial charge is 0.316 e. The van der Waals surface area contributed by atoms with Gasteiger partial charge in [0, 0.05) is 18.8 Å². The van der Waals surface area contributed by atoms with Gasteiger partial charge >= 0.3 is 0 Å². The molecule has 0 radical (unpaired) electrons. The molecule has 0 aliphatic carbocycles. The van der Waals surface area contributed by atoms with Gasteiger partial charge in [-0.05, 0) is 50.4 Å². The monoisotopic (exact) mass is 274 g/mol. The van der Waals surface area contributed by atoms with Crippen molar-refractivity contribution in [2.75, 3.05) is 19.0 Å². The number of nitrogens with one attached hydrogen (secondary N) is 1. The van der Waals surface area contributed by atoms with E-state index in [4.69, 9.17) is 0 Å². The smallest absolute Gasteiger partial charge is 0.236 e. The maximum absolute atomic E-state index is 12.3. The predicted octanol–water partition coefficient (Wildman–Crippen LogP) is 2.73. The van der Waals surface area contributed by atoms with Gasteiger partial charge in [-0.3, -0.25) is 4.79 Å². The standard InChI is InChI=1S/C17H26N2O/c1-11(2)14(18-5)10-12-7-8-15-13(9-12)17(3,4)16(20)19(15)6/h7-9,11,14,18H,10H2,1-6H3. The molecule has 0 aromatic heterocycles. The molecule has 1 N–H and O–H groups in total. The first-order valence-electron chi connectivity index (χ1n) is 7.38. The minimum atomic E-state index is -0.410. The fraction of sp³-hybridized carbons (Fsp3) is 0.588. The Hall–Kier alpha value is -1.35. The summed E-state index contributed by atoms with van der Waals surface area (Å²) in [6.45, 7) is 8.49. The second-order valence-electron chi connectivity index (χ2n) is 6.68. The van der Waals surface area contributed by atoms with Crippen molar-refractivity contribution in [3.05, 3.63) is 29.3 Å². The molecule has 1 aliphatic heterocycles. The zero-order valence-corrected chi connectivity index (χ0v) is 13.4. The van der Waals surface area contributed by atoms with Gasteiger partial charge in [-0.2, -0.15) is 0 Å². The number of anilines is 1. The van der Waals surface area contributed by atoms with Crippen LogP contribution >= 0.6 is 0 Å². The average Bonchev–Trinajstić information content (AvgIpc) is 2.57. The number of hydrogen-bond acceptors (Lipinski definition) is 2. The number of carbonyl (C=O) groups excluding carboxylic acids is 1. The third-order valence-corrected chi connectivity index (χ3v) is 4.57. The molecule has 1 atom stereocenters. The molecule has 1 heterocycles. The molecule has 1 aromatic carbocycles. The highest BCUT2D eigenvalue weighted by Crippen LogP contribution is 2.41. The summed E-state index contributed by atoms with van der Waals surface area (Å²) in [5.74, 6) is 0.768. The summed E-state index contributed by atoms with van der Waals surface area (Å²) in [6.07, 6.45) is 0.995. The van der Waals surface area contributed by atoms with Crippen LogP contribution in [0.15, 0.2) is 18.2 Å². The van der Waals surface area contributed by atoms with Gasteiger partial charge in [0.2, 0.25) is 5.91 Å². The lowest BCUT2D eigenvalue weighted by molar-refractivity contribution is -0.121. The van der Waals surface area contributed by atoms with Crippen LogP contribution < -0.4 is 10.2 Å². The van der Waals surface area contributed by atoms with Crippen LogP contribution in [0.3, 0.4) is 0 Å². The van der Waals surface area contributed by atoms with E-state index in [-0.39, 0.29) is 5.91 Å². The van der Waals surface area contributed by atoms with Crippen molar-refractivity contribution >= 4 is 11.6 Å². The number of benzene rings is 1. The number of carbonyl (C=O) groups is 1. The van der Waals surface area contributed by atoms with Crippen molar-refractivity contribution in [3.8, 4) is 0 Å². The Morgan fingerprint density at radius 2 is 1.95 bits per heavy atom. The van der Waals surface area contributed by atoms with E-state index < -0.39 is 5.41 Å².